The minimum absolute atomic E-state index is 0.106. The predicted octanol–water partition coefficient (Wildman–Crippen LogP) is 5.58. The average molecular weight is 477 g/mol. The van der Waals surface area contributed by atoms with Crippen molar-refractivity contribution >= 4 is 35.2 Å². The minimum atomic E-state index is -0.561. The molecule has 0 aromatic heterocycles. The van der Waals surface area contributed by atoms with E-state index in [0.29, 0.717) is 17.2 Å². The molecule has 0 radical (unpaired) electrons. The molecule has 0 saturated heterocycles. The number of carbonyl (C=O) groups excluding carboxylic acids is 2. The van der Waals surface area contributed by atoms with Gasteiger partial charge in [-0.25, -0.2) is 4.39 Å². The molecular formula is C25H30ClFN2O2S. The van der Waals surface area contributed by atoms with Crippen LogP contribution >= 0.6 is 23.4 Å². The topological polar surface area (TPSA) is 49.4 Å². The minimum Gasteiger partial charge on any atom is -0.352 e. The number of carbonyl (C=O) groups is 2. The predicted molar refractivity (Wildman–Crippen MR) is 129 cm³/mol. The van der Waals surface area contributed by atoms with E-state index in [1.54, 1.807) is 17.0 Å². The molecule has 32 heavy (non-hydrogen) atoms. The zero-order valence-electron chi connectivity index (χ0n) is 18.4. The number of hydrogen-bond donors (Lipinski definition) is 1. The molecule has 2 aromatic rings. The lowest BCUT2D eigenvalue weighted by molar-refractivity contribution is -0.139. The van der Waals surface area contributed by atoms with Crippen LogP contribution in [0, 0.1) is 5.82 Å². The summed E-state index contributed by atoms with van der Waals surface area (Å²) in [6.07, 6.45) is 4.74. The monoisotopic (exact) mass is 476 g/mol. The smallest absolute Gasteiger partial charge is 0.243 e. The maximum absolute atomic E-state index is 13.4. The Balaban J connectivity index is 1.70. The molecule has 1 aliphatic carbocycles. The number of benzene rings is 2. The molecule has 1 saturated carbocycles. The van der Waals surface area contributed by atoms with Gasteiger partial charge in [-0.1, -0.05) is 61.7 Å². The van der Waals surface area contributed by atoms with Gasteiger partial charge in [0.2, 0.25) is 11.8 Å². The summed E-state index contributed by atoms with van der Waals surface area (Å²) in [5.74, 6) is 0.305. The number of nitrogens with one attached hydrogen (secondary N) is 1. The highest BCUT2D eigenvalue weighted by Crippen LogP contribution is 2.23. The molecule has 1 atom stereocenters. The molecule has 1 aliphatic rings. The number of hydrogen-bond acceptors (Lipinski definition) is 3. The van der Waals surface area contributed by atoms with Crippen molar-refractivity contribution in [3.8, 4) is 0 Å². The lowest BCUT2D eigenvalue weighted by Crippen LogP contribution is -2.51. The fraction of sp³-hybridized carbons (Fsp3) is 0.440. The summed E-state index contributed by atoms with van der Waals surface area (Å²) < 4.78 is 13.4. The molecule has 172 valence electrons. The van der Waals surface area contributed by atoms with Crippen LogP contribution in [-0.2, 0) is 21.9 Å². The zero-order chi connectivity index (χ0) is 22.9. The summed E-state index contributed by atoms with van der Waals surface area (Å²) >= 11 is 7.70. The molecule has 3 rings (SSSR count). The van der Waals surface area contributed by atoms with Gasteiger partial charge in [0.1, 0.15) is 11.9 Å². The SMILES string of the molecule is CC[C@@H](C(=O)NC1CCCC1)N(Cc1ccc(F)cc1)C(=O)CSCc1ccccc1Cl. The summed E-state index contributed by atoms with van der Waals surface area (Å²) in [6.45, 7) is 2.18. The molecule has 1 fully saturated rings. The second kappa shape index (κ2) is 12.3. The van der Waals surface area contributed by atoms with Crippen LogP contribution in [0.3, 0.4) is 0 Å². The number of thioether (sulfide) groups is 1. The van der Waals surface area contributed by atoms with E-state index in [9.17, 15) is 14.0 Å². The molecule has 2 amide bonds. The molecular weight excluding hydrogens is 447 g/mol. The van der Waals surface area contributed by atoms with E-state index >= 15 is 0 Å². The van der Waals surface area contributed by atoms with Gasteiger partial charge in [0.05, 0.1) is 5.75 Å². The van der Waals surface area contributed by atoms with E-state index in [1.165, 1.54) is 23.9 Å². The Bertz CT molecular complexity index is 903. The third-order valence-electron chi connectivity index (χ3n) is 5.79. The Morgan fingerprint density at radius 3 is 2.50 bits per heavy atom. The van der Waals surface area contributed by atoms with Crippen LogP contribution in [0.4, 0.5) is 4.39 Å². The first kappa shape index (κ1) is 24.6. The zero-order valence-corrected chi connectivity index (χ0v) is 19.9. The van der Waals surface area contributed by atoms with Gasteiger partial charge < -0.3 is 10.2 Å². The van der Waals surface area contributed by atoms with Gasteiger partial charge in [0.15, 0.2) is 0 Å². The molecule has 0 bridgehead atoms. The third kappa shape index (κ3) is 6.97. The van der Waals surface area contributed by atoms with E-state index in [1.807, 2.05) is 31.2 Å². The van der Waals surface area contributed by atoms with Crippen LogP contribution in [0.25, 0.3) is 0 Å². The van der Waals surface area contributed by atoms with Gasteiger partial charge >= 0.3 is 0 Å². The molecule has 2 aromatic carbocycles. The Morgan fingerprint density at radius 2 is 1.84 bits per heavy atom. The fourth-order valence-electron chi connectivity index (χ4n) is 4.02. The van der Waals surface area contributed by atoms with Crippen LogP contribution in [0.5, 0.6) is 0 Å². The third-order valence-corrected chi connectivity index (χ3v) is 7.13. The van der Waals surface area contributed by atoms with Gasteiger partial charge in [-0.05, 0) is 48.6 Å². The van der Waals surface area contributed by atoms with Gasteiger partial charge in [-0.15, -0.1) is 11.8 Å². The number of nitrogens with zero attached hydrogens (tertiary/aromatic N) is 1. The van der Waals surface area contributed by atoms with Crippen LogP contribution in [0.15, 0.2) is 48.5 Å². The van der Waals surface area contributed by atoms with Crippen LogP contribution in [0.2, 0.25) is 5.02 Å². The lowest BCUT2D eigenvalue weighted by atomic mass is 10.1. The first-order valence-corrected chi connectivity index (χ1v) is 12.7. The largest absolute Gasteiger partial charge is 0.352 e. The van der Waals surface area contributed by atoms with Crippen molar-refractivity contribution in [3.05, 3.63) is 70.5 Å². The van der Waals surface area contributed by atoms with E-state index < -0.39 is 6.04 Å². The number of rotatable bonds is 10. The molecule has 7 heteroatoms. The van der Waals surface area contributed by atoms with Crippen molar-refractivity contribution in [2.45, 2.75) is 63.4 Å². The first-order valence-electron chi connectivity index (χ1n) is 11.1. The first-order chi connectivity index (χ1) is 15.5. The number of amides is 2. The maximum Gasteiger partial charge on any atom is 0.243 e. The average Bonchev–Trinajstić information content (AvgIpc) is 3.29. The Morgan fingerprint density at radius 1 is 1.16 bits per heavy atom. The van der Waals surface area contributed by atoms with Crippen molar-refractivity contribution in [2.24, 2.45) is 0 Å². The molecule has 0 unspecified atom stereocenters. The maximum atomic E-state index is 13.4. The summed E-state index contributed by atoms with van der Waals surface area (Å²) in [5.41, 5.74) is 1.77. The summed E-state index contributed by atoms with van der Waals surface area (Å²) in [5, 5.41) is 3.81. The molecule has 0 spiro atoms. The standard InChI is InChI=1S/C25H30ClFN2O2S/c1-2-23(25(31)28-21-8-4-5-9-21)29(15-18-11-13-20(27)14-12-18)24(30)17-32-16-19-7-3-6-10-22(19)26/h3,6-7,10-14,21,23H,2,4-5,8-9,15-17H2,1H3,(H,28,31)/t23-/m0/s1. The lowest BCUT2D eigenvalue weighted by Gasteiger charge is -2.31. The molecule has 4 nitrogen and oxygen atoms in total. The van der Waals surface area contributed by atoms with Crippen LogP contribution < -0.4 is 5.32 Å². The van der Waals surface area contributed by atoms with E-state index in [4.69, 9.17) is 11.6 Å². The molecule has 1 N–H and O–H groups in total. The van der Waals surface area contributed by atoms with Crippen LogP contribution in [0.1, 0.15) is 50.2 Å². The second-order valence-corrected chi connectivity index (χ2v) is 9.54. The quantitative estimate of drug-likeness (QED) is 0.487. The van der Waals surface area contributed by atoms with Crippen molar-refractivity contribution in [2.75, 3.05) is 5.75 Å². The highest BCUT2D eigenvalue weighted by atomic mass is 35.5. The van der Waals surface area contributed by atoms with Gasteiger partial charge in [-0.2, -0.15) is 0 Å². The van der Waals surface area contributed by atoms with Crippen LogP contribution in [-0.4, -0.2) is 34.6 Å². The molecule has 0 heterocycles. The second-order valence-electron chi connectivity index (χ2n) is 8.15. The Labute approximate surface area is 198 Å². The number of halogens is 2. The van der Waals surface area contributed by atoms with Crippen molar-refractivity contribution in [3.63, 3.8) is 0 Å². The van der Waals surface area contributed by atoms with Gasteiger partial charge in [0, 0.05) is 23.4 Å². The van der Waals surface area contributed by atoms with E-state index in [-0.39, 0.29) is 36.0 Å². The van der Waals surface area contributed by atoms with Crippen molar-refractivity contribution < 1.29 is 14.0 Å². The fourth-order valence-corrected chi connectivity index (χ4v) is 5.22. The normalized spacial score (nSPS) is 14.8. The van der Waals surface area contributed by atoms with Crippen molar-refractivity contribution in [1.29, 1.82) is 0 Å². The van der Waals surface area contributed by atoms with Gasteiger partial charge in [0.25, 0.3) is 0 Å². The van der Waals surface area contributed by atoms with E-state index in [2.05, 4.69) is 5.32 Å². The van der Waals surface area contributed by atoms with Crippen molar-refractivity contribution in [1.82, 2.24) is 10.2 Å². The summed E-state index contributed by atoms with van der Waals surface area (Å²) in [6, 6.07) is 13.3. The Kier molecular flexibility index (Phi) is 9.42. The van der Waals surface area contributed by atoms with Gasteiger partial charge in [-0.3, -0.25) is 9.59 Å². The highest BCUT2D eigenvalue weighted by Gasteiger charge is 2.30. The summed E-state index contributed by atoms with van der Waals surface area (Å²) in [7, 11) is 0. The summed E-state index contributed by atoms with van der Waals surface area (Å²) in [4.78, 5) is 28.0. The highest BCUT2D eigenvalue weighted by molar-refractivity contribution is 7.99. The molecule has 0 aliphatic heterocycles. The van der Waals surface area contributed by atoms with E-state index in [0.717, 1.165) is 36.8 Å². The Hall–Kier alpha value is -2.05.